The maximum atomic E-state index is 11.0. The molecule has 3 nitrogen and oxygen atoms in total. The lowest BCUT2D eigenvalue weighted by atomic mass is 10.2. The van der Waals surface area contributed by atoms with Gasteiger partial charge in [0, 0.05) is 10.6 Å². The molecule has 1 atom stereocenters. The molecular formula is C14H15NO2S. The number of thiophene rings is 1. The molecule has 1 heterocycles. The molecule has 1 aromatic heterocycles. The molecule has 18 heavy (non-hydrogen) atoms. The van der Waals surface area contributed by atoms with Crippen LogP contribution in [0.25, 0.3) is 0 Å². The molecule has 1 N–H and O–H groups in total. The predicted octanol–water partition coefficient (Wildman–Crippen LogP) is 3.40. The predicted molar refractivity (Wildman–Crippen MR) is 74.2 cm³/mol. The van der Waals surface area contributed by atoms with Crippen LogP contribution in [0, 0.1) is 0 Å². The summed E-state index contributed by atoms with van der Waals surface area (Å²) in [5, 5.41) is 11.1. The van der Waals surface area contributed by atoms with Crippen LogP contribution in [0.2, 0.25) is 0 Å². The third kappa shape index (κ3) is 2.90. The Morgan fingerprint density at radius 2 is 2.00 bits per heavy atom. The minimum Gasteiger partial charge on any atom is -0.480 e. The summed E-state index contributed by atoms with van der Waals surface area (Å²) in [7, 11) is 0. The van der Waals surface area contributed by atoms with Gasteiger partial charge >= 0.3 is 5.97 Å². The highest BCUT2D eigenvalue weighted by molar-refractivity contribution is 7.10. The average Bonchev–Trinajstić information content (AvgIpc) is 2.90. The van der Waals surface area contributed by atoms with Crippen LogP contribution in [0.3, 0.4) is 0 Å². The number of aliphatic carboxylic acids is 1. The first-order chi connectivity index (χ1) is 8.68. The second kappa shape index (κ2) is 5.69. The first kappa shape index (κ1) is 12.6. The Bertz CT molecular complexity index is 496. The lowest BCUT2D eigenvalue weighted by Gasteiger charge is -2.29. The fraction of sp³-hybridized carbons (Fsp3) is 0.214. The van der Waals surface area contributed by atoms with Gasteiger partial charge < -0.3 is 10.0 Å². The van der Waals surface area contributed by atoms with E-state index >= 15 is 0 Å². The molecule has 1 unspecified atom stereocenters. The number of anilines is 1. The summed E-state index contributed by atoms with van der Waals surface area (Å²) < 4.78 is 0. The number of para-hydroxylation sites is 1. The van der Waals surface area contributed by atoms with Gasteiger partial charge in [-0.15, -0.1) is 11.3 Å². The number of carbonyl (C=O) groups is 1. The summed E-state index contributed by atoms with van der Waals surface area (Å²) in [4.78, 5) is 14.1. The molecule has 94 valence electrons. The SMILES string of the molecule is CC(c1cccs1)N(CC(=O)O)c1ccccc1. The lowest BCUT2D eigenvalue weighted by Crippen LogP contribution is -2.31. The van der Waals surface area contributed by atoms with Gasteiger partial charge in [0.05, 0.1) is 6.04 Å². The van der Waals surface area contributed by atoms with Gasteiger partial charge in [-0.25, -0.2) is 0 Å². The molecule has 0 aliphatic rings. The van der Waals surface area contributed by atoms with Gasteiger partial charge in [0.15, 0.2) is 0 Å². The summed E-state index contributed by atoms with van der Waals surface area (Å²) in [5.41, 5.74) is 0.931. The fourth-order valence-electron chi connectivity index (χ4n) is 1.90. The van der Waals surface area contributed by atoms with Gasteiger partial charge in [0.25, 0.3) is 0 Å². The number of carboxylic acid groups (broad SMARTS) is 1. The Morgan fingerprint density at radius 3 is 2.56 bits per heavy atom. The molecule has 2 rings (SSSR count). The standard InChI is InChI=1S/C14H15NO2S/c1-11(13-8-5-9-18-13)15(10-14(16)17)12-6-3-2-4-7-12/h2-9,11H,10H2,1H3,(H,16,17). The molecule has 1 aromatic carbocycles. The zero-order chi connectivity index (χ0) is 13.0. The van der Waals surface area contributed by atoms with E-state index in [2.05, 4.69) is 0 Å². The van der Waals surface area contributed by atoms with E-state index in [4.69, 9.17) is 5.11 Å². The van der Waals surface area contributed by atoms with E-state index in [9.17, 15) is 4.79 Å². The van der Waals surface area contributed by atoms with Crippen molar-refractivity contribution in [3.8, 4) is 0 Å². The lowest BCUT2D eigenvalue weighted by molar-refractivity contribution is -0.135. The van der Waals surface area contributed by atoms with Crippen LogP contribution in [-0.4, -0.2) is 17.6 Å². The highest BCUT2D eigenvalue weighted by Crippen LogP contribution is 2.29. The molecule has 0 radical (unpaired) electrons. The van der Waals surface area contributed by atoms with E-state index < -0.39 is 5.97 Å². The van der Waals surface area contributed by atoms with Crippen LogP contribution >= 0.6 is 11.3 Å². The second-order valence-corrected chi connectivity index (χ2v) is 5.03. The Hall–Kier alpha value is -1.81. The first-order valence-electron chi connectivity index (χ1n) is 5.75. The van der Waals surface area contributed by atoms with Crippen LogP contribution in [0.4, 0.5) is 5.69 Å². The van der Waals surface area contributed by atoms with Crippen LogP contribution in [-0.2, 0) is 4.79 Å². The number of hydrogen-bond donors (Lipinski definition) is 1. The number of carboxylic acids is 1. The molecule has 0 amide bonds. The topological polar surface area (TPSA) is 40.5 Å². The molecular weight excluding hydrogens is 246 g/mol. The van der Waals surface area contributed by atoms with Gasteiger partial charge in [0.1, 0.15) is 6.54 Å². The minimum absolute atomic E-state index is 0.00306. The van der Waals surface area contributed by atoms with Crippen molar-refractivity contribution >= 4 is 23.0 Å². The fourth-order valence-corrected chi connectivity index (χ4v) is 2.70. The van der Waals surface area contributed by atoms with Gasteiger partial charge in [-0.3, -0.25) is 4.79 Å². The van der Waals surface area contributed by atoms with Crippen LogP contribution < -0.4 is 4.90 Å². The van der Waals surface area contributed by atoms with E-state index in [-0.39, 0.29) is 12.6 Å². The van der Waals surface area contributed by atoms with E-state index in [0.29, 0.717) is 0 Å². The van der Waals surface area contributed by atoms with Gasteiger partial charge in [-0.2, -0.15) is 0 Å². The summed E-state index contributed by atoms with van der Waals surface area (Å²) in [6.07, 6.45) is 0. The smallest absolute Gasteiger partial charge is 0.323 e. The van der Waals surface area contributed by atoms with Crippen molar-refractivity contribution in [1.29, 1.82) is 0 Å². The largest absolute Gasteiger partial charge is 0.480 e. The zero-order valence-electron chi connectivity index (χ0n) is 10.1. The van der Waals surface area contributed by atoms with Gasteiger partial charge in [-0.05, 0) is 30.5 Å². The van der Waals surface area contributed by atoms with E-state index in [1.165, 1.54) is 4.88 Å². The number of rotatable bonds is 5. The summed E-state index contributed by atoms with van der Waals surface area (Å²) in [6, 6.07) is 13.7. The quantitative estimate of drug-likeness (QED) is 0.896. The maximum Gasteiger partial charge on any atom is 0.323 e. The van der Waals surface area contributed by atoms with Crippen molar-refractivity contribution in [2.45, 2.75) is 13.0 Å². The molecule has 0 spiro atoms. The Kier molecular flexibility index (Phi) is 3.99. The van der Waals surface area contributed by atoms with E-state index in [1.807, 2.05) is 59.7 Å². The van der Waals surface area contributed by atoms with Gasteiger partial charge in [0.2, 0.25) is 0 Å². The Balaban J connectivity index is 2.28. The number of hydrogen-bond acceptors (Lipinski definition) is 3. The first-order valence-corrected chi connectivity index (χ1v) is 6.63. The van der Waals surface area contributed by atoms with Crippen molar-refractivity contribution in [2.24, 2.45) is 0 Å². The van der Waals surface area contributed by atoms with Crippen molar-refractivity contribution in [1.82, 2.24) is 0 Å². The van der Waals surface area contributed by atoms with E-state index in [1.54, 1.807) is 11.3 Å². The molecule has 0 saturated carbocycles. The summed E-state index contributed by atoms with van der Waals surface area (Å²) in [5.74, 6) is -0.817. The highest BCUT2D eigenvalue weighted by Gasteiger charge is 2.19. The maximum absolute atomic E-state index is 11.0. The summed E-state index contributed by atoms with van der Waals surface area (Å²) in [6.45, 7) is 2.03. The molecule has 0 aliphatic heterocycles. The van der Waals surface area contributed by atoms with Crippen molar-refractivity contribution in [2.75, 3.05) is 11.4 Å². The van der Waals surface area contributed by atoms with Crippen LogP contribution in [0.5, 0.6) is 0 Å². The van der Waals surface area contributed by atoms with Crippen LogP contribution in [0.1, 0.15) is 17.8 Å². The number of benzene rings is 1. The normalized spacial score (nSPS) is 12.1. The minimum atomic E-state index is -0.817. The van der Waals surface area contributed by atoms with Crippen molar-refractivity contribution in [3.63, 3.8) is 0 Å². The van der Waals surface area contributed by atoms with Gasteiger partial charge in [-0.1, -0.05) is 24.3 Å². The molecule has 0 bridgehead atoms. The average molecular weight is 261 g/mol. The molecule has 0 aliphatic carbocycles. The zero-order valence-corrected chi connectivity index (χ0v) is 10.9. The monoisotopic (exact) mass is 261 g/mol. The third-order valence-corrected chi connectivity index (χ3v) is 3.86. The summed E-state index contributed by atoms with van der Waals surface area (Å²) >= 11 is 1.65. The molecule has 0 fully saturated rings. The van der Waals surface area contributed by atoms with Crippen molar-refractivity contribution < 1.29 is 9.90 Å². The Labute approximate surface area is 110 Å². The molecule has 2 aromatic rings. The molecule has 0 saturated heterocycles. The second-order valence-electron chi connectivity index (χ2n) is 4.05. The number of nitrogens with zero attached hydrogens (tertiary/aromatic N) is 1. The van der Waals surface area contributed by atoms with E-state index in [0.717, 1.165) is 5.69 Å². The Morgan fingerprint density at radius 1 is 1.28 bits per heavy atom. The third-order valence-electron chi connectivity index (χ3n) is 2.82. The highest BCUT2D eigenvalue weighted by atomic mass is 32.1. The van der Waals surface area contributed by atoms with Crippen LogP contribution in [0.15, 0.2) is 47.8 Å². The van der Waals surface area contributed by atoms with Crippen molar-refractivity contribution in [3.05, 3.63) is 52.7 Å². The molecule has 4 heteroatoms.